The quantitative estimate of drug-likeness (QED) is 0.307. The average molecular weight is 488 g/mol. The number of guanidine groups is 1. The second kappa shape index (κ2) is 12.7. The Balaban J connectivity index is 0.00000364. The third-order valence-electron chi connectivity index (χ3n) is 4.34. The molecule has 0 amide bonds. The first-order valence-electron chi connectivity index (χ1n) is 9.38. The molecule has 0 fully saturated rings. The fourth-order valence-electron chi connectivity index (χ4n) is 2.78. The monoisotopic (exact) mass is 488 g/mol. The molecule has 2 aromatic rings. The summed E-state index contributed by atoms with van der Waals surface area (Å²) in [5.41, 5.74) is 2.09. The number of rotatable bonds is 9. The van der Waals surface area contributed by atoms with Crippen LogP contribution in [0.2, 0.25) is 0 Å². The molecule has 0 saturated heterocycles. The van der Waals surface area contributed by atoms with Crippen LogP contribution in [0, 0.1) is 5.82 Å². The maximum Gasteiger partial charge on any atom is 0.191 e. The van der Waals surface area contributed by atoms with Crippen molar-refractivity contribution in [3.8, 4) is 0 Å². The molecule has 0 saturated carbocycles. The molecular weight excluding hydrogens is 458 g/mol. The maximum absolute atomic E-state index is 12.9. The molecule has 1 aromatic carbocycles. The molecule has 1 aromatic heterocycles. The van der Waals surface area contributed by atoms with Crippen LogP contribution in [0.5, 0.6) is 0 Å². The van der Waals surface area contributed by atoms with E-state index < -0.39 is 0 Å². The smallest absolute Gasteiger partial charge is 0.191 e. The van der Waals surface area contributed by atoms with Gasteiger partial charge in [-0.05, 0) is 43.9 Å². The van der Waals surface area contributed by atoms with Gasteiger partial charge in [0, 0.05) is 25.1 Å². The first-order chi connectivity index (χ1) is 12.7. The van der Waals surface area contributed by atoms with Gasteiger partial charge in [-0.3, -0.25) is 0 Å². The van der Waals surface area contributed by atoms with Gasteiger partial charge in [0.15, 0.2) is 11.7 Å². The van der Waals surface area contributed by atoms with Crippen molar-refractivity contribution in [3.63, 3.8) is 0 Å². The van der Waals surface area contributed by atoms with Crippen molar-refractivity contribution in [1.29, 1.82) is 0 Å². The Labute approximate surface area is 178 Å². The summed E-state index contributed by atoms with van der Waals surface area (Å²) in [6.45, 7) is 8.28. The van der Waals surface area contributed by atoms with E-state index in [0.29, 0.717) is 19.0 Å². The number of aliphatic imine (C=N–C) groups is 1. The number of benzene rings is 1. The van der Waals surface area contributed by atoms with Crippen LogP contribution >= 0.6 is 24.0 Å². The van der Waals surface area contributed by atoms with E-state index in [1.807, 2.05) is 13.0 Å². The van der Waals surface area contributed by atoms with Crippen LogP contribution in [0.3, 0.4) is 0 Å². The second-order valence-corrected chi connectivity index (χ2v) is 6.23. The van der Waals surface area contributed by atoms with Crippen molar-refractivity contribution in [2.75, 3.05) is 13.1 Å². The second-order valence-electron chi connectivity index (χ2n) is 6.23. The van der Waals surface area contributed by atoms with Crippen LogP contribution in [0.25, 0.3) is 0 Å². The SMILES string of the molecule is CCNC(=NCc1cc(C(CC)CC)no1)NCCc1ccc(F)cc1.I. The van der Waals surface area contributed by atoms with Crippen LogP contribution in [0.4, 0.5) is 4.39 Å². The Morgan fingerprint density at radius 3 is 2.48 bits per heavy atom. The lowest BCUT2D eigenvalue weighted by molar-refractivity contribution is 0.372. The molecule has 150 valence electrons. The maximum atomic E-state index is 12.9. The average Bonchev–Trinajstić information content (AvgIpc) is 3.11. The van der Waals surface area contributed by atoms with E-state index in [0.717, 1.165) is 48.8 Å². The Morgan fingerprint density at radius 1 is 1.15 bits per heavy atom. The molecule has 2 N–H and O–H groups in total. The molecule has 0 aliphatic rings. The molecule has 2 rings (SSSR count). The molecular formula is C20H30FIN4O. The van der Waals surface area contributed by atoms with Gasteiger partial charge >= 0.3 is 0 Å². The molecule has 0 unspecified atom stereocenters. The Kier molecular flexibility index (Phi) is 11.0. The lowest BCUT2D eigenvalue weighted by Crippen LogP contribution is -2.38. The molecule has 5 nitrogen and oxygen atoms in total. The van der Waals surface area contributed by atoms with Gasteiger partial charge in [-0.2, -0.15) is 0 Å². The molecule has 0 bridgehead atoms. The van der Waals surface area contributed by atoms with E-state index in [4.69, 9.17) is 4.52 Å². The lowest BCUT2D eigenvalue weighted by Gasteiger charge is -2.10. The fourth-order valence-corrected chi connectivity index (χ4v) is 2.78. The molecule has 27 heavy (non-hydrogen) atoms. The number of nitrogens with one attached hydrogen (secondary N) is 2. The van der Waals surface area contributed by atoms with E-state index in [-0.39, 0.29) is 29.8 Å². The van der Waals surface area contributed by atoms with E-state index in [9.17, 15) is 4.39 Å². The molecule has 0 radical (unpaired) electrons. The van der Waals surface area contributed by atoms with Gasteiger partial charge in [-0.15, -0.1) is 24.0 Å². The zero-order chi connectivity index (χ0) is 18.8. The molecule has 0 atom stereocenters. The van der Waals surface area contributed by atoms with Crippen molar-refractivity contribution in [2.24, 2.45) is 4.99 Å². The van der Waals surface area contributed by atoms with Crippen molar-refractivity contribution < 1.29 is 8.91 Å². The normalized spacial score (nSPS) is 11.4. The molecule has 1 heterocycles. The van der Waals surface area contributed by atoms with Gasteiger partial charge in [0.2, 0.25) is 0 Å². The Morgan fingerprint density at radius 2 is 1.85 bits per heavy atom. The van der Waals surface area contributed by atoms with Gasteiger partial charge in [-0.25, -0.2) is 9.38 Å². The number of aromatic nitrogens is 1. The third kappa shape index (κ3) is 7.86. The highest BCUT2D eigenvalue weighted by molar-refractivity contribution is 14.0. The minimum atomic E-state index is -0.212. The van der Waals surface area contributed by atoms with Gasteiger partial charge in [0.05, 0.1) is 5.69 Å². The predicted octanol–water partition coefficient (Wildman–Crippen LogP) is 4.63. The van der Waals surface area contributed by atoms with Crippen LogP contribution in [-0.4, -0.2) is 24.2 Å². The summed E-state index contributed by atoms with van der Waals surface area (Å²) in [5.74, 6) is 1.73. The largest absolute Gasteiger partial charge is 0.359 e. The minimum absolute atomic E-state index is 0. The van der Waals surface area contributed by atoms with Gasteiger partial charge in [-0.1, -0.05) is 31.1 Å². The molecule has 0 aliphatic carbocycles. The first kappa shape index (κ1) is 23.4. The van der Waals surface area contributed by atoms with Gasteiger partial charge in [0.1, 0.15) is 12.4 Å². The molecule has 0 spiro atoms. The van der Waals surface area contributed by atoms with Crippen LogP contribution in [0.1, 0.15) is 56.5 Å². The van der Waals surface area contributed by atoms with Crippen molar-refractivity contribution in [3.05, 3.63) is 53.2 Å². The zero-order valence-electron chi connectivity index (χ0n) is 16.3. The Hall–Kier alpha value is -1.64. The van der Waals surface area contributed by atoms with E-state index >= 15 is 0 Å². The highest BCUT2D eigenvalue weighted by Crippen LogP contribution is 2.22. The van der Waals surface area contributed by atoms with Crippen LogP contribution in [0.15, 0.2) is 39.8 Å². The highest BCUT2D eigenvalue weighted by Gasteiger charge is 2.12. The highest BCUT2D eigenvalue weighted by atomic mass is 127. The summed E-state index contributed by atoms with van der Waals surface area (Å²) in [5, 5.41) is 10.7. The summed E-state index contributed by atoms with van der Waals surface area (Å²) in [4.78, 5) is 4.55. The van der Waals surface area contributed by atoms with E-state index in [1.165, 1.54) is 12.1 Å². The van der Waals surface area contributed by atoms with Gasteiger partial charge in [0.25, 0.3) is 0 Å². The van der Waals surface area contributed by atoms with Crippen LogP contribution in [-0.2, 0) is 13.0 Å². The summed E-state index contributed by atoms with van der Waals surface area (Å²) >= 11 is 0. The summed E-state index contributed by atoms with van der Waals surface area (Å²) in [6.07, 6.45) is 2.91. The number of nitrogens with zero attached hydrogens (tertiary/aromatic N) is 2. The van der Waals surface area contributed by atoms with Gasteiger partial charge < -0.3 is 15.2 Å². The first-order valence-corrected chi connectivity index (χ1v) is 9.38. The number of hydrogen-bond donors (Lipinski definition) is 2. The number of halogens is 2. The molecule has 0 aliphatic heterocycles. The standard InChI is InChI=1S/C20H29FN4O.HI/c1-4-16(5-2)19-13-18(26-25-19)14-24-20(22-6-3)23-12-11-15-7-9-17(21)10-8-15;/h7-10,13,16H,4-6,11-12,14H2,1-3H3,(H2,22,23,24);1H. The molecule has 7 heteroatoms. The van der Waals surface area contributed by atoms with E-state index in [2.05, 4.69) is 34.6 Å². The van der Waals surface area contributed by atoms with Crippen molar-refractivity contribution >= 4 is 29.9 Å². The number of hydrogen-bond acceptors (Lipinski definition) is 3. The van der Waals surface area contributed by atoms with Crippen molar-refractivity contribution in [1.82, 2.24) is 15.8 Å². The Bertz CT molecular complexity index is 684. The summed E-state index contributed by atoms with van der Waals surface area (Å²) in [6, 6.07) is 8.57. The van der Waals surface area contributed by atoms with Crippen molar-refractivity contribution in [2.45, 2.75) is 52.5 Å². The predicted molar refractivity (Wildman–Crippen MR) is 118 cm³/mol. The zero-order valence-corrected chi connectivity index (χ0v) is 18.6. The van der Waals surface area contributed by atoms with E-state index in [1.54, 1.807) is 12.1 Å². The lowest BCUT2D eigenvalue weighted by atomic mass is 9.99. The topological polar surface area (TPSA) is 62.5 Å². The van der Waals surface area contributed by atoms with Crippen LogP contribution < -0.4 is 10.6 Å². The fraction of sp³-hybridized carbons (Fsp3) is 0.500. The summed E-state index contributed by atoms with van der Waals surface area (Å²) in [7, 11) is 0. The third-order valence-corrected chi connectivity index (χ3v) is 4.34. The minimum Gasteiger partial charge on any atom is -0.359 e. The summed E-state index contributed by atoms with van der Waals surface area (Å²) < 4.78 is 18.4.